The van der Waals surface area contributed by atoms with Crippen LogP contribution in [0.3, 0.4) is 0 Å². The number of nitriles is 1. The van der Waals surface area contributed by atoms with Gasteiger partial charge in [0.2, 0.25) is 17.5 Å². The molecule has 26 heavy (non-hydrogen) atoms. The van der Waals surface area contributed by atoms with E-state index in [-0.39, 0.29) is 18.1 Å². The number of rotatable bonds is 5. The smallest absolute Gasteiger partial charge is 0.232 e. The molecule has 0 bridgehead atoms. The highest BCUT2D eigenvalue weighted by Crippen LogP contribution is 2.31. The zero-order valence-corrected chi connectivity index (χ0v) is 13.7. The summed E-state index contributed by atoms with van der Waals surface area (Å²) in [5.41, 5.74) is 0.943. The minimum Gasteiger partial charge on any atom is -0.467 e. The number of aliphatic hydroxyl groups is 1. The summed E-state index contributed by atoms with van der Waals surface area (Å²) in [5.74, 6) is 1.01. The lowest BCUT2D eigenvalue weighted by Crippen LogP contribution is -2.11. The van der Waals surface area contributed by atoms with Gasteiger partial charge in [-0.2, -0.15) is 10.2 Å². The number of hydrogen-bond donors (Lipinski definition) is 2. The Morgan fingerprint density at radius 1 is 1.12 bits per heavy atom. The van der Waals surface area contributed by atoms with Crippen molar-refractivity contribution in [2.45, 2.75) is 6.10 Å². The van der Waals surface area contributed by atoms with E-state index < -0.39 is 6.10 Å². The molecule has 6 nitrogen and oxygen atoms in total. The van der Waals surface area contributed by atoms with Crippen molar-refractivity contribution in [3.8, 4) is 17.5 Å². The molecule has 0 aliphatic rings. The van der Waals surface area contributed by atoms with Gasteiger partial charge in [0.05, 0.1) is 12.8 Å². The number of nitrogens with one attached hydrogen (secondary N) is 1. The molecule has 2 N–H and O–H groups in total. The monoisotopic (exact) mass is 345 g/mol. The van der Waals surface area contributed by atoms with E-state index in [1.54, 1.807) is 12.1 Å². The molecule has 1 unspecified atom stereocenters. The molecule has 0 radical (unpaired) electrons. The van der Waals surface area contributed by atoms with Crippen LogP contribution in [0, 0.1) is 11.3 Å². The van der Waals surface area contributed by atoms with Crippen LogP contribution in [0.25, 0.3) is 22.2 Å². The molecule has 0 saturated heterocycles. The molecule has 0 aliphatic carbocycles. The molecule has 128 valence electrons. The lowest BCUT2D eigenvalue weighted by molar-refractivity contribution is 0.162. The normalized spacial score (nSPS) is 12.0. The number of anilines is 1. The van der Waals surface area contributed by atoms with E-state index in [0.29, 0.717) is 11.7 Å². The van der Waals surface area contributed by atoms with Gasteiger partial charge in [0.1, 0.15) is 17.9 Å². The Morgan fingerprint density at radius 3 is 2.77 bits per heavy atom. The van der Waals surface area contributed by atoms with Crippen LogP contribution < -0.4 is 5.32 Å². The van der Waals surface area contributed by atoms with E-state index in [9.17, 15) is 10.4 Å². The molecular weight excluding hydrogens is 330 g/mol. The number of hydrogen-bond acceptors (Lipinski definition) is 6. The zero-order valence-electron chi connectivity index (χ0n) is 13.7. The van der Waals surface area contributed by atoms with Crippen LogP contribution >= 0.6 is 0 Å². The van der Waals surface area contributed by atoms with Crippen LogP contribution in [0.15, 0.2) is 69.7 Å². The number of furan rings is 1. The maximum atomic E-state index is 10.1. The fraction of sp³-hybridized carbons (Fsp3) is 0.100. The SMILES string of the molecule is N#Cc1nc(-c2cccc3ccccc23)oc1NCC(O)c1ccco1. The minimum atomic E-state index is -0.859. The van der Waals surface area contributed by atoms with E-state index in [2.05, 4.69) is 10.3 Å². The van der Waals surface area contributed by atoms with E-state index in [4.69, 9.17) is 8.83 Å². The average Bonchev–Trinajstić information content (AvgIpc) is 3.35. The second-order valence-electron chi connectivity index (χ2n) is 5.75. The molecule has 4 rings (SSSR count). The maximum Gasteiger partial charge on any atom is 0.232 e. The molecule has 6 heteroatoms. The van der Waals surface area contributed by atoms with Crippen molar-refractivity contribution in [3.05, 3.63) is 72.3 Å². The molecular formula is C20H15N3O3. The first-order valence-electron chi connectivity index (χ1n) is 8.10. The van der Waals surface area contributed by atoms with E-state index in [1.165, 1.54) is 6.26 Å². The van der Waals surface area contributed by atoms with Crippen LogP contribution in [0.5, 0.6) is 0 Å². The predicted molar refractivity (Wildman–Crippen MR) is 96.3 cm³/mol. The Balaban J connectivity index is 1.64. The second kappa shape index (κ2) is 6.75. The third kappa shape index (κ3) is 2.92. The number of aliphatic hydroxyl groups excluding tert-OH is 1. The molecule has 1 atom stereocenters. The van der Waals surface area contributed by atoms with Gasteiger partial charge in [-0.1, -0.05) is 36.4 Å². The summed E-state index contributed by atoms with van der Waals surface area (Å²) < 4.78 is 10.9. The fourth-order valence-electron chi connectivity index (χ4n) is 2.81. The molecule has 2 heterocycles. The number of nitrogens with zero attached hydrogens (tertiary/aromatic N) is 2. The number of fused-ring (bicyclic) bond motifs is 1. The van der Waals surface area contributed by atoms with Crippen molar-refractivity contribution in [3.63, 3.8) is 0 Å². The average molecular weight is 345 g/mol. The van der Waals surface area contributed by atoms with Gasteiger partial charge in [-0.25, -0.2) is 0 Å². The molecule has 4 aromatic rings. The van der Waals surface area contributed by atoms with Gasteiger partial charge in [0, 0.05) is 5.56 Å². The summed E-state index contributed by atoms with van der Waals surface area (Å²) in [6.45, 7) is 0.131. The predicted octanol–water partition coefficient (Wildman–Crippen LogP) is 4.10. The summed E-state index contributed by atoms with van der Waals surface area (Å²) in [6, 6.07) is 19.1. The topological polar surface area (TPSA) is 95.2 Å². The van der Waals surface area contributed by atoms with Crippen molar-refractivity contribution in [1.82, 2.24) is 4.98 Å². The largest absolute Gasteiger partial charge is 0.467 e. The fourth-order valence-corrected chi connectivity index (χ4v) is 2.81. The second-order valence-corrected chi connectivity index (χ2v) is 5.75. The third-order valence-corrected chi connectivity index (χ3v) is 4.08. The van der Waals surface area contributed by atoms with Gasteiger partial charge < -0.3 is 19.3 Å². The molecule has 2 aromatic carbocycles. The van der Waals surface area contributed by atoms with Gasteiger partial charge in [0.15, 0.2) is 0 Å². The van der Waals surface area contributed by atoms with Crippen molar-refractivity contribution < 1.29 is 13.9 Å². The highest BCUT2D eigenvalue weighted by Gasteiger charge is 2.18. The van der Waals surface area contributed by atoms with Crippen molar-refractivity contribution in [1.29, 1.82) is 5.26 Å². The van der Waals surface area contributed by atoms with Crippen LogP contribution in [-0.2, 0) is 0 Å². The number of oxazole rings is 1. The standard InChI is InChI=1S/C20H15N3O3/c21-11-16-20(22-12-17(24)18-9-4-10-25-18)26-19(23-16)15-8-3-6-13-5-1-2-7-14(13)15/h1-10,17,22,24H,12H2. The van der Waals surface area contributed by atoms with Gasteiger partial charge in [0.25, 0.3) is 0 Å². The number of benzene rings is 2. The van der Waals surface area contributed by atoms with Gasteiger partial charge in [-0.3, -0.25) is 0 Å². The Bertz CT molecular complexity index is 1070. The summed E-state index contributed by atoms with van der Waals surface area (Å²) in [7, 11) is 0. The lowest BCUT2D eigenvalue weighted by atomic mass is 10.0. The summed E-state index contributed by atoms with van der Waals surface area (Å²) in [4.78, 5) is 4.29. The van der Waals surface area contributed by atoms with Crippen LogP contribution in [0.4, 0.5) is 5.88 Å². The molecule has 2 aromatic heterocycles. The van der Waals surface area contributed by atoms with Crippen molar-refractivity contribution >= 4 is 16.7 Å². The first-order chi connectivity index (χ1) is 12.8. The third-order valence-electron chi connectivity index (χ3n) is 4.08. The number of aromatic nitrogens is 1. The minimum absolute atomic E-state index is 0.131. The van der Waals surface area contributed by atoms with Crippen LogP contribution in [-0.4, -0.2) is 16.6 Å². The van der Waals surface area contributed by atoms with Crippen molar-refractivity contribution in [2.24, 2.45) is 0 Å². The highest BCUT2D eigenvalue weighted by molar-refractivity contribution is 5.94. The van der Waals surface area contributed by atoms with Gasteiger partial charge in [-0.05, 0) is 29.0 Å². The van der Waals surface area contributed by atoms with Crippen molar-refractivity contribution in [2.75, 3.05) is 11.9 Å². The molecule has 0 saturated carbocycles. The Hall–Kier alpha value is -3.56. The van der Waals surface area contributed by atoms with Crippen LogP contribution in [0.1, 0.15) is 17.6 Å². The first kappa shape index (κ1) is 15.9. The van der Waals surface area contributed by atoms with E-state index >= 15 is 0 Å². The summed E-state index contributed by atoms with van der Waals surface area (Å²) in [5, 5.41) is 24.4. The quantitative estimate of drug-likeness (QED) is 0.565. The van der Waals surface area contributed by atoms with E-state index in [0.717, 1.165) is 16.3 Å². The van der Waals surface area contributed by atoms with Gasteiger partial charge >= 0.3 is 0 Å². The Morgan fingerprint density at radius 2 is 1.96 bits per heavy atom. The zero-order chi connectivity index (χ0) is 17.9. The molecule has 0 fully saturated rings. The summed E-state index contributed by atoms with van der Waals surface area (Å²) in [6.07, 6.45) is 0.634. The molecule has 0 amide bonds. The van der Waals surface area contributed by atoms with Crippen LogP contribution in [0.2, 0.25) is 0 Å². The van der Waals surface area contributed by atoms with Gasteiger partial charge in [-0.15, -0.1) is 0 Å². The molecule has 0 spiro atoms. The highest BCUT2D eigenvalue weighted by atomic mass is 16.4. The lowest BCUT2D eigenvalue weighted by Gasteiger charge is -2.08. The Labute approximate surface area is 149 Å². The maximum absolute atomic E-state index is 10.1. The Kier molecular flexibility index (Phi) is 4.14. The molecule has 0 aliphatic heterocycles. The summed E-state index contributed by atoms with van der Waals surface area (Å²) >= 11 is 0. The first-order valence-corrected chi connectivity index (χ1v) is 8.10. The van der Waals surface area contributed by atoms with E-state index in [1.807, 2.05) is 48.5 Å².